The van der Waals surface area contributed by atoms with Gasteiger partial charge < -0.3 is 10.7 Å². The molecule has 0 aliphatic carbocycles. The van der Waals surface area contributed by atoms with Gasteiger partial charge >= 0.3 is 0 Å². The Bertz CT molecular complexity index is 692. The van der Waals surface area contributed by atoms with Gasteiger partial charge in [-0.1, -0.05) is 11.8 Å². The van der Waals surface area contributed by atoms with E-state index in [1.807, 2.05) is 31.3 Å². The van der Waals surface area contributed by atoms with Crippen LogP contribution >= 0.6 is 11.8 Å². The highest BCUT2D eigenvalue weighted by molar-refractivity contribution is 7.99. The number of nitrogens with zero attached hydrogens (tertiary/aromatic N) is 2. The fourth-order valence-corrected chi connectivity index (χ4v) is 2.79. The van der Waals surface area contributed by atoms with Gasteiger partial charge in [-0.05, 0) is 31.2 Å². The summed E-state index contributed by atoms with van der Waals surface area (Å²) < 4.78 is 0. The van der Waals surface area contributed by atoms with Crippen molar-refractivity contribution in [2.24, 2.45) is 0 Å². The van der Waals surface area contributed by atoms with E-state index in [2.05, 4.69) is 21.0 Å². The minimum Gasteiger partial charge on any atom is -0.399 e. The Morgan fingerprint density at radius 3 is 2.94 bits per heavy atom. The van der Waals surface area contributed by atoms with Crippen molar-refractivity contribution in [3.8, 4) is 0 Å². The minimum atomic E-state index is 0.745. The maximum absolute atomic E-state index is 5.84. The first kappa shape index (κ1) is 11.1. The zero-order valence-electron chi connectivity index (χ0n) is 9.84. The third-order valence-corrected chi connectivity index (χ3v) is 3.58. The van der Waals surface area contributed by atoms with Crippen LogP contribution in [-0.4, -0.2) is 15.0 Å². The van der Waals surface area contributed by atoms with E-state index in [0.717, 1.165) is 32.3 Å². The summed E-state index contributed by atoms with van der Waals surface area (Å²) in [6.45, 7) is 1.99. The Morgan fingerprint density at radius 1 is 1.28 bits per heavy atom. The largest absolute Gasteiger partial charge is 0.399 e. The predicted molar refractivity (Wildman–Crippen MR) is 73.6 cm³/mol. The molecule has 5 heteroatoms. The van der Waals surface area contributed by atoms with Gasteiger partial charge in [0.25, 0.3) is 0 Å². The summed E-state index contributed by atoms with van der Waals surface area (Å²) >= 11 is 1.58. The molecule has 0 bridgehead atoms. The van der Waals surface area contributed by atoms with E-state index in [0.29, 0.717) is 0 Å². The summed E-state index contributed by atoms with van der Waals surface area (Å²) in [7, 11) is 0. The molecule has 90 valence electrons. The van der Waals surface area contributed by atoms with Crippen LogP contribution in [0.5, 0.6) is 0 Å². The van der Waals surface area contributed by atoms with Gasteiger partial charge in [0, 0.05) is 34.1 Å². The number of benzene rings is 1. The normalized spacial score (nSPS) is 10.9. The van der Waals surface area contributed by atoms with Gasteiger partial charge in [-0.15, -0.1) is 0 Å². The van der Waals surface area contributed by atoms with E-state index in [1.165, 1.54) is 0 Å². The Labute approximate surface area is 109 Å². The standard InChI is InChI=1S/C13H12N4S/c1-8-6-12(18-13-15-4-5-16-13)10-7-9(14)2-3-11(10)17-8/h2-7H,14H2,1H3,(H,15,16). The van der Waals surface area contributed by atoms with Crippen LogP contribution < -0.4 is 5.73 Å². The second-order valence-corrected chi connectivity index (χ2v) is 5.07. The SMILES string of the molecule is Cc1cc(Sc2ncc[nH]2)c2cc(N)ccc2n1. The molecule has 18 heavy (non-hydrogen) atoms. The van der Waals surface area contributed by atoms with Crippen molar-refractivity contribution in [1.29, 1.82) is 0 Å². The van der Waals surface area contributed by atoms with Gasteiger partial charge in [0.15, 0.2) is 5.16 Å². The van der Waals surface area contributed by atoms with E-state index in [9.17, 15) is 0 Å². The molecule has 3 N–H and O–H groups in total. The number of anilines is 1. The number of nitrogens with two attached hydrogens (primary N) is 1. The number of fused-ring (bicyclic) bond motifs is 1. The molecule has 3 rings (SSSR count). The van der Waals surface area contributed by atoms with Crippen LogP contribution in [0.1, 0.15) is 5.69 Å². The molecule has 0 amide bonds. The smallest absolute Gasteiger partial charge is 0.170 e. The Hall–Kier alpha value is -2.01. The number of rotatable bonds is 2. The van der Waals surface area contributed by atoms with Gasteiger partial charge in [0.2, 0.25) is 0 Å². The number of pyridine rings is 1. The van der Waals surface area contributed by atoms with Gasteiger partial charge in [-0.25, -0.2) is 4.98 Å². The topological polar surface area (TPSA) is 67.6 Å². The van der Waals surface area contributed by atoms with Crippen molar-refractivity contribution >= 4 is 28.4 Å². The van der Waals surface area contributed by atoms with Crippen LogP contribution in [0.3, 0.4) is 0 Å². The maximum Gasteiger partial charge on any atom is 0.170 e. The van der Waals surface area contributed by atoms with Gasteiger partial charge in [-0.2, -0.15) is 0 Å². The molecule has 3 aromatic rings. The lowest BCUT2D eigenvalue weighted by Crippen LogP contribution is -1.90. The van der Waals surface area contributed by atoms with E-state index in [-0.39, 0.29) is 0 Å². The van der Waals surface area contributed by atoms with Gasteiger partial charge in [0.1, 0.15) is 0 Å². The lowest BCUT2D eigenvalue weighted by Gasteiger charge is -2.06. The molecule has 0 spiro atoms. The second-order valence-electron chi connectivity index (χ2n) is 4.03. The summed E-state index contributed by atoms with van der Waals surface area (Å²) in [6, 6.07) is 7.82. The van der Waals surface area contributed by atoms with Gasteiger partial charge in [0.05, 0.1) is 5.52 Å². The van der Waals surface area contributed by atoms with Crippen LogP contribution in [0.25, 0.3) is 10.9 Å². The Kier molecular flexibility index (Phi) is 2.68. The number of imidazole rings is 1. The predicted octanol–water partition coefficient (Wildman–Crippen LogP) is 3.00. The van der Waals surface area contributed by atoms with Crippen molar-refractivity contribution in [2.45, 2.75) is 17.0 Å². The summed E-state index contributed by atoms with van der Waals surface area (Å²) in [6.07, 6.45) is 3.56. The number of hydrogen-bond donors (Lipinski definition) is 2. The van der Waals surface area contributed by atoms with E-state index in [4.69, 9.17) is 5.73 Å². The zero-order chi connectivity index (χ0) is 12.5. The van der Waals surface area contributed by atoms with Crippen LogP contribution in [0, 0.1) is 6.92 Å². The first-order valence-corrected chi connectivity index (χ1v) is 6.38. The molecular weight excluding hydrogens is 244 g/mol. The Morgan fingerprint density at radius 2 is 2.17 bits per heavy atom. The molecular formula is C13H12N4S. The van der Waals surface area contributed by atoms with Crippen molar-refractivity contribution in [2.75, 3.05) is 5.73 Å². The number of aromatic nitrogens is 3. The molecule has 0 saturated heterocycles. The fourth-order valence-electron chi connectivity index (χ4n) is 1.83. The van der Waals surface area contributed by atoms with Crippen LogP contribution in [0.4, 0.5) is 5.69 Å². The highest BCUT2D eigenvalue weighted by Gasteiger charge is 2.07. The average molecular weight is 256 g/mol. The van der Waals surface area contributed by atoms with E-state index in [1.54, 1.807) is 18.0 Å². The van der Waals surface area contributed by atoms with E-state index < -0.39 is 0 Å². The number of aromatic amines is 1. The molecule has 1 aromatic carbocycles. The first-order valence-electron chi connectivity index (χ1n) is 5.56. The third-order valence-electron chi connectivity index (χ3n) is 2.60. The molecule has 0 unspecified atom stereocenters. The van der Waals surface area contributed by atoms with Gasteiger partial charge in [-0.3, -0.25) is 4.98 Å². The summed E-state index contributed by atoms with van der Waals surface area (Å²) in [5.74, 6) is 0. The average Bonchev–Trinajstić information content (AvgIpc) is 2.83. The number of hydrogen-bond acceptors (Lipinski definition) is 4. The lowest BCUT2D eigenvalue weighted by atomic mass is 10.2. The molecule has 0 atom stereocenters. The quantitative estimate of drug-likeness (QED) is 0.692. The number of aryl methyl sites for hydroxylation is 1. The third kappa shape index (κ3) is 2.04. The van der Waals surface area contributed by atoms with E-state index >= 15 is 0 Å². The molecule has 2 heterocycles. The summed E-state index contributed by atoms with van der Waals surface area (Å²) in [4.78, 5) is 12.9. The highest BCUT2D eigenvalue weighted by atomic mass is 32.2. The monoisotopic (exact) mass is 256 g/mol. The molecule has 0 aliphatic rings. The zero-order valence-corrected chi connectivity index (χ0v) is 10.7. The first-order chi connectivity index (χ1) is 8.72. The second kappa shape index (κ2) is 4.34. The molecule has 0 radical (unpaired) electrons. The fraction of sp³-hybridized carbons (Fsp3) is 0.0769. The molecule has 0 fully saturated rings. The molecule has 4 nitrogen and oxygen atoms in total. The molecule has 0 saturated carbocycles. The van der Waals surface area contributed by atoms with Crippen LogP contribution in [0.2, 0.25) is 0 Å². The molecule has 0 aliphatic heterocycles. The lowest BCUT2D eigenvalue weighted by molar-refractivity contribution is 1.06. The van der Waals surface area contributed by atoms with Crippen LogP contribution in [0.15, 0.2) is 46.7 Å². The summed E-state index contributed by atoms with van der Waals surface area (Å²) in [5, 5.41) is 1.92. The Balaban J connectivity index is 2.17. The number of nitrogens with one attached hydrogen (secondary N) is 1. The number of H-pyrrole nitrogens is 1. The maximum atomic E-state index is 5.84. The van der Waals surface area contributed by atoms with Crippen molar-refractivity contribution < 1.29 is 0 Å². The number of nitrogen functional groups attached to an aromatic ring is 1. The molecule has 2 aromatic heterocycles. The van der Waals surface area contributed by atoms with Crippen molar-refractivity contribution in [1.82, 2.24) is 15.0 Å². The van der Waals surface area contributed by atoms with Crippen molar-refractivity contribution in [3.05, 3.63) is 42.4 Å². The van der Waals surface area contributed by atoms with Crippen molar-refractivity contribution in [3.63, 3.8) is 0 Å². The highest BCUT2D eigenvalue weighted by Crippen LogP contribution is 2.32. The van der Waals surface area contributed by atoms with Crippen LogP contribution in [-0.2, 0) is 0 Å². The summed E-state index contributed by atoms with van der Waals surface area (Å²) in [5.41, 5.74) is 8.53. The minimum absolute atomic E-state index is 0.745.